The molecular formula is C25H30N6O3. The van der Waals surface area contributed by atoms with Crippen LogP contribution in [0.4, 0.5) is 11.5 Å². The summed E-state index contributed by atoms with van der Waals surface area (Å²) in [6, 6.07) is 14.5. The normalized spacial score (nSPS) is 14.0. The molecule has 3 aromatic rings. The zero-order valence-corrected chi connectivity index (χ0v) is 19.6. The fourth-order valence-corrected chi connectivity index (χ4v) is 4.12. The van der Waals surface area contributed by atoms with Gasteiger partial charge in [-0.05, 0) is 51.3 Å². The number of benzene rings is 2. The van der Waals surface area contributed by atoms with Gasteiger partial charge in [-0.3, -0.25) is 14.4 Å². The molecular weight excluding hydrogens is 432 g/mol. The van der Waals surface area contributed by atoms with Crippen molar-refractivity contribution >= 4 is 34.1 Å². The van der Waals surface area contributed by atoms with E-state index < -0.39 is 0 Å². The lowest BCUT2D eigenvalue weighted by Gasteiger charge is -2.35. The predicted octanol–water partition coefficient (Wildman–Crippen LogP) is 2.29. The molecule has 1 aliphatic rings. The third kappa shape index (κ3) is 5.43. The minimum atomic E-state index is -0.250. The number of carbonyl (C=O) groups is 2. The minimum absolute atomic E-state index is 0.0670. The van der Waals surface area contributed by atoms with Crippen LogP contribution < -0.4 is 10.9 Å². The SMILES string of the molecule is CN(C)CCCC(=O)N1CCN(C(=O)c2cccc(Nc3n[nH]c(=O)c4ccccc34)c2)CC1. The van der Waals surface area contributed by atoms with Crippen LogP contribution in [0.25, 0.3) is 10.8 Å². The molecule has 0 radical (unpaired) electrons. The van der Waals surface area contributed by atoms with E-state index in [9.17, 15) is 14.4 Å². The molecule has 34 heavy (non-hydrogen) atoms. The first-order chi connectivity index (χ1) is 16.4. The van der Waals surface area contributed by atoms with Crippen molar-refractivity contribution in [2.45, 2.75) is 12.8 Å². The number of nitrogens with one attached hydrogen (secondary N) is 2. The number of H-pyrrole nitrogens is 1. The van der Waals surface area contributed by atoms with E-state index in [1.165, 1.54) is 0 Å². The summed E-state index contributed by atoms with van der Waals surface area (Å²) in [5.74, 6) is 0.601. The molecule has 9 nitrogen and oxygen atoms in total. The van der Waals surface area contributed by atoms with Crippen molar-refractivity contribution in [2.75, 3.05) is 52.1 Å². The summed E-state index contributed by atoms with van der Waals surface area (Å²) in [6.07, 6.45) is 1.37. The number of amides is 2. The van der Waals surface area contributed by atoms with Crippen molar-refractivity contribution < 1.29 is 9.59 Å². The van der Waals surface area contributed by atoms with Gasteiger partial charge in [-0.25, -0.2) is 5.10 Å². The molecule has 0 atom stereocenters. The van der Waals surface area contributed by atoms with Gasteiger partial charge in [-0.1, -0.05) is 24.3 Å². The number of piperazine rings is 1. The molecule has 1 fully saturated rings. The predicted molar refractivity (Wildman–Crippen MR) is 132 cm³/mol. The number of aromatic nitrogens is 2. The molecule has 0 unspecified atom stereocenters. The molecule has 1 aliphatic heterocycles. The van der Waals surface area contributed by atoms with Crippen molar-refractivity contribution in [3.8, 4) is 0 Å². The molecule has 0 spiro atoms. The largest absolute Gasteiger partial charge is 0.339 e. The number of carbonyl (C=O) groups excluding carboxylic acids is 2. The third-order valence-electron chi connectivity index (χ3n) is 5.98. The fourth-order valence-electron chi connectivity index (χ4n) is 4.12. The average Bonchev–Trinajstić information content (AvgIpc) is 2.85. The lowest BCUT2D eigenvalue weighted by atomic mass is 10.1. The van der Waals surface area contributed by atoms with Gasteiger partial charge in [-0.2, -0.15) is 5.10 Å². The lowest BCUT2D eigenvalue weighted by Crippen LogP contribution is -2.50. The number of rotatable bonds is 7. The zero-order valence-electron chi connectivity index (χ0n) is 19.6. The number of hydrogen-bond acceptors (Lipinski definition) is 6. The summed E-state index contributed by atoms with van der Waals surface area (Å²) < 4.78 is 0. The fraction of sp³-hybridized carbons (Fsp3) is 0.360. The smallest absolute Gasteiger partial charge is 0.272 e. The van der Waals surface area contributed by atoms with Gasteiger partial charge >= 0.3 is 0 Å². The Morgan fingerprint density at radius 1 is 1.00 bits per heavy atom. The summed E-state index contributed by atoms with van der Waals surface area (Å²) in [5, 5.41) is 11.1. The summed E-state index contributed by atoms with van der Waals surface area (Å²) in [5.41, 5.74) is 1.01. The molecule has 4 rings (SSSR count). The topological polar surface area (TPSA) is 102 Å². The van der Waals surface area contributed by atoms with E-state index in [1.54, 1.807) is 29.2 Å². The maximum atomic E-state index is 13.1. The highest BCUT2D eigenvalue weighted by molar-refractivity contribution is 5.96. The van der Waals surface area contributed by atoms with E-state index in [0.29, 0.717) is 60.4 Å². The number of fused-ring (bicyclic) bond motifs is 1. The number of aromatic amines is 1. The minimum Gasteiger partial charge on any atom is -0.339 e. The van der Waals surface area contributed by atoms with Crippen molar-refractivity contribution in [3.63, 3.8) is 0 Å². The Kier molecular flexibility index (Phi) is 7.22. The Hall–Kier alpha value is -3.72. The first kappa shape index (κ1) is 23.4. The van der Waals surface area contributed by atoms with Gasteiger partial charge in [0.2, 0.25) is 5.91 Å². The van der Waals surface area contributed by atoms with Crippen molar-refractivity contribution in [1.82, 2.24) is 24.9 Å². The highest BCUT2D eigenvalue weighted by Gasteiger charge is 2.24. The molecule has 9 heteroatoms. The molecule has 2 aromatic carbocycles. The van der Waals surface area contributed by atoms with Gasteiger partial charge in [0.05, 0.1) is 5.39 Å². The van der Waals surface area contributed by atoms with E-state index in [2.05, 4.69) is 20.4 Å². The summed E-state index contributed by atoms with van der Waals surface area (Å²) in [7, 11) is 4.00. The maximum Gasteiger partial charge on any atom is 0.272 e. The van der Waals surface area contributed by atoms with Crippen molar-refractivity contribution in [1.29, 1.82) is 0 Å². The van der Waals surface area contributed by atoms with Gasteiger partial charge in [-0.15, -0.1) is 0 Å². The second-order valence-electron chi connectivity index (χ2n) is 8.73. The van der Waals surface area contributed by atoms with Crippen LogP contribution >= 0.6 is 0 Å². The van der Waals surface area contributed by atoms with Gasteiger partial charge in [0, 0.05) is 49.2 Å². The summed E-state index contributed by atoms with van der Waals surface area (Å²) in [6.45, 7) is 3.03. The quantitative estimate of drug-likeness (QED) is 0.559. The summed E-state index contributed by atoms with van der Waals surface area (Å²) >= 11 is 0. The zero-order chi connectivity index (χ0) is 24.1. The molecule has 0 bridgehead atoms. The van der Waals surface area contributed by atoms with Crippen LogP contribution in [0, 0.1) is 0 Å². The van der Waals surface area contributed by atoms with Crippen molar-refractivity contribution in [2.24, 2.45) is 0 Å². The molecule has 0 aliphatic carbocycles. The van der Waals surface area contributed by atoms with Crippen LogP contribution in [0.2, 0.25) is 0 Å². The van der Waals surface area contributed by atoms with Crippen LogP contribution in [-0.2, 0) is 4.79 Å². The second-order valence-corrected chi connectivity index (χ2v) is 8.73. The molecule has 2 heterocycles. The standard InChI is InChI=1S/C25H30N6O3/c1-29(2)12-6-11-22(32)30-13-15-31(16-14-30)25(34)18-7-5-8-19(17-18)26-23-20-9-3-4-10-21(20)24(33)28-27-23/h3-5,7-10,17H,6,11-16H2,1-2H3,(H,26,27)(H,28,33). The Bertz CT molecular complexity index is 1230. The Morgan fingerprint density at radius 3 is 2.44 bits per heavy atom. The first-order valence-electron chi connectivity index (χ1n) is 11.5. The van der Waals surface area contributed by atoms with Gasteiger partial charge in [0.15, 0.2) is 5.82 Å². The highest BCUT2D eigenvalue weighted by atomic mass is 16.2. The van der Waals surface area contributed by atoms with E-state index in [0.717, 1.165) is 13.0 Å². The van der Waals surface area contributed by atoms with Gasteiger partial charge < -0.3 is 20.0 Å². The van der Waals surface area contributed by atoms with Crippen LogP contribution in [0.1, 0.15) is 23.2 Å². The average molecular weight is 463 g/mol. The Morgan fingerprint density at radius 2 is 1.71 bits per heavy atom. The van der Waals surface area contributed by atoms with Crippen LogP contribution in [0.3, 0.4) is 0 Å². The van der Waals surface area contributed by atoms with E-state index >= 15 is 0 Å². The van der Waals surface area contributed by atoms with Gasteiger partial charge in [0.25, 0.3) is 11.5 Å². The number of anilines is 2. The third-order valence-corrected chi connectivity index (χ3v) is 5.98. The van der Waals surface area contributed by atoms with Crippen molar-refractivity contribution in [3.05, 3.63) is 64.4 Å². The Labute approximate surface area is 198 Å². The van der Waals surface area contributed by atoms with E-state index in [1.807, 2.05) is 43.3 Å². The van der Waals surface area contributed by atoms with E-state index in [-0.39, 0.29) is 17.4 Å². The second kappa shape index (κ2) is 10.5. The molecule has 1 aromatic heterocycles. The lowest BCUT2D eigenvalue weighted by molar-refractivity contribution is -0.132. The molecule has 2 N–H and O–H groups in total. The van der Waals surface area contributed by atoms with Crippen LogP contribution in [-0.4, -0.2) is 83.5 Å². The van der Waals surface area contributed by atoms with Crippen LogP contribution in [0.15, 0.2) is 53.3 Å². The Balaban J connectivity index is 1.39. The summed E-state index contributed by atoms with van der Waals surface area (Å²) in [4.78, 5) is 43.3. The highest BCUT2D eigenvalue weighted by Crippen LogP contribution is 2.23. The van der Waals surface area contributed by atoms with E-state index in [4.69, 9.17) is 0 Å². The first-order valence-corrected chi connectivity index (χ1v) is 11.5. The number of hydrogen-bond donors (Lipinski definition) is 2. The maximum absolute atomic E-state index is 13.1. The molecule has 2 amide bonds. The molecule has 0 saturated carbocycles. The molecule has 1 saturated heterocycles. The number of nitrogens with zero attached hydrogens (tertiary/aromatic N) is 4. The van der Waals surface area contributed by atoms with Gasteiger partial charge in [0.1, 0.15) is 0 Å². The molecule has 178 valence electrons. The monoisotopic (exact) mass is 462 g/mol. The van der Waals surface area contributed by atoms with Crippen LogP contribution in [0.5, 0.6) is 0 Å².